The van der Waals surface area contributed by atoms with Gasteiger partial charge in [-0.1, -0.05) is 34.9 Å². The molecule has 0 amide bonds. The average Bonchev–Trinajstić information content (AvgIpc) is 2.45. The van der Waals surface area contributed by atoms with E-state index >= 15 is 0 Å². The van der Waals surface area contributed by atoms with Gasteiger partial charge in [0.05, 0.1) is 5.60 Å². The van der Waals surface area contributed by atoms with Crippen molar-refractivity contribution in [3.8, 4) is 0 Å². The van der Waals surface area contributed by atoms with Crippen LogP contribution in [0.25, 0.3) is 0 Å². The van der Waals surface area contributed by atoms with E-state index in [0.717, 1.165) is 31.3 Å². The van der Waals surface area contributed by atoms with Crippen LogP contribution in [0.2, 0.25) is 0 Å². The molecule has 0 aliphatic heterocycles. The Kier molecular flexibility index (Phi) is 11.1. The highest BCUT2D eigenvalue weighted by Crippen LogP contribution is 2.17. The molecule has 3 heteroatoms. The maximum absolute atomic E-state index is 11.2. The molecular formula is C22H36O3. The van der Waals surface area contributed by atoms with Gasteiger partial charge in [-0.2, -0.15) is 0 Å². The van der Waals surface area contributed by atoms with Crippen molar-refractivity contribution in [1.29, 1.82) is 0 Å². The molecular weight excluding hydrogens is 312 g/mol. The first-order chi connectivity index (χ1) is 11.6. The molecule has 0 aliphatic rings. The van der Waals surface area contributed by atoms with Crippen molar-refractivity contribution in [3.63, 3.8) is 0 Å². The summed E-state index contributed by atoms with van der Waals surface area (Å²) in [5.41, 5.74) is 2.91. The van der Waals surface area contributed by atoms with E-state index in [0.29, 0.717) is 6.42 Å². The fourth-order valence-electron chi connectivity index (χ4n) is 2.48. The van der Waals surface area contributed by atoms with Crippen molar-refractivity contribution in [2.24, 2.45) is 0 Å². The summed E-state index contributed by atoms with van der Waals surface area (Å²) in [5.74, 6) is -0.246. The molecule has 0 bridgehead atoms. The van der Waals surface area contributed by atoms with E-state index in [1.54, 1.807) is 13.0 Å². The molecule has 0 radical (unpaired) electrons. The molecule has 25 heavy (non-hydrogen) atoms. The summed E-state index contributed by atoms with van der Waals surface area (Å²) in [6.45, 7) is 15.1. The Balaban J connectivity index is 4.43. The van der Waals surface area contributed by atoms with Crippen LogP contribution < -0.4 is 0 Å². The average molecular weight is 349 g/mol. The summed E-state index contributed by atoms with van der Waals surface area (Å²) in [7, 11) is 0. The maximum atomic E-state index is 11.2. The number of carbonyl (C=O) groups excluding carboxylic acids is 1. The van der Waals surface area contributed by atoms with Crippen LogP contribution in [0.15, 0.2) is 47.6 Å². The third kappa shape index (κ3) is 13.4. The van der Waals surface area contributed by atoms with Crippen LogP contribution in [0.1, 0.15) is 73.6 Å². The topological polar surface area (TPSA) is 46.5 Å². The standard InChI is InChI=1S/C22H36O3/c1-8-22(7,24)14-10-13-18(4)11-9-12-19(5)16-21(15-17(2)3)25-20(6)23/h8,12-13,15,21,24H,1,9-11,14,16H2,2-7H3/b18-13+,19-12+/t21-,22+/m0/s1. The van der Waals surface area contributed by atoms with E-state index < -0.39 is 5.60 Å². The van der Waals surface area contributed by atoms with Crippen LogP contribution in [0.4, 0.5) is 0 Å². The molecule has 0 heterocycles. The van der Waals surface area contributed by atoms with Gasteiger partial charge in [0.1, 0.15) is 6.10 Å². The molecule has 0 saturated heterocycles. The van der Waals surface area contributed by atoms with Gasteiger partial charge < -0.3 is 9.84 Å². The van der Waals surface area contributed by atoms with Gasteiger partial charge in [0, 0.05) is 13.3 Å². The predicted octanol–water partition coefficient (Wildman–Crippen LogP) is 5.66. The first-order valence-electron chi connectivity index (χ1n) is 9.05. The lowest BCUT2D eigenvalue weighted by Gasteiger charge is -2.16. The molecule has 0 saturated carbocycles. The second kappa shape index (κ2) is 11.9. The summed E-state index contributed by atoms with van der Waals surface area (Å²) in [4.78, 5) is 11.2. The molecule has 0 spiro atoms. The Labute approximate surface area is 154 Å². The van der Waals surface area contributed by atoms with E-state index in [2.05, 4.69) is 32.6 Å². The first-order valence-corrected chi connectivity index (χ1v) is 9.05. The predicted molar refractivity (Wildman–Crippen MR) is 106 cm³/mol. The van der Waals surface area contributed by atoms with Crippen molar-refractivity contribution >= 4 is 5.97 Å². The number of esters is 1. The van der Waals surface area contributed by atoms with Gasteiger partial charge in [-0.3, -0.25) is 4.79 Å². The van der Waals surface area contributed by atoms with Gasteiger partial charge in [0.15, 0.2) is 0 Å². The lowest BCUT2D eigenvalue weighted by molar-refractivity contribution is -0.144. The zero-order chi connectivity index (χ0) is 19.5. The zero-order valence-electron chi connectivity index (χ0n) is 16.9. The van der Waals surface area contributed by atoms with Crippen LogP contribution in [0, 0.1) is 0 Å². The maximum Gasteiger partial charge on any atom is 0.303 e. The highest BCUT2D eigenvalue weighted by atomic mass is 16.5. The quantitative estimate of drug-likeness (QED) is 0.387. The van der Waals surface area contributed by atoms with E-state index in [1.165, 1.54) is 18.1 Å². The molecule has 142 valence electrons. The highest BCUT2D eigenvalue weighted by molar-refractivity contribution is 5.66. The molecule has 0 aliphatic carbocycles. The minimum absolute atomic E-state index is 0.184. The lowest BCUT2D eigenvalue weighted by atomic mass is 9.99. The van der Waals surface area contributed by atoms with Gasteiger partial charge in [0.2, 0.25) is 0 Å². The van der Waals surface area contributed by atoms with Crippen LogP contribution in [-0.2, 0) is 9.53 Å². The Morgan fingerprint density at radius 1 is 1.12 bits per heavy atom. The van der Waals surface area contributed by atoms with Crippen LogP contribution in [0.3, 0.4) is 0 Å². The van der Waals surface area contributed by atoms with Gasteiger partial charge in [-0.05, 0) is 66.4 Å². The Hall–Kier alpha value is -1.61. The molecule has 0 fully saturated rings. The highest BCUT2D eigenvalue weighted by Gasteiger charge is 2.13. The van der Waals surface area contributed by atoms with E-state index in [-0.39, 0.29) is 12.1 Å². The normalized spacial score (nSPS) is 16.0. The monoisotopic (exact) mass is 348 g/mol. The van der Waals surface area contributed by atoms with Crippen molar-refractivity contribution in [2.75, 3.05) is 0 Å². The van der Waals surface area contributed by atoms with Crippen LogP contribution >= 0.6 is 0 Å². The van der Waals surface area contributed by atoms with E-state index in [4.69, 9.17) is 4.74 Å². The van der Waals surface area contributed by atoms with Gasteiger partial charge in [0.25, 0.3) is 0 Å². The number of allylic oxidation sites excluding steroid dienone is 4. The summed E-state index contributed by atoms with van der Waals surface area (Å²) in [6.07, 6.45) is 12.0. The van der Waals surface area contributed by atoms with Crippen molar-refractivity contribution < 1.29 is 14.6 Å². The molecule has 0 aromatic rings. The van der Waals surface area contributed by atoms with Crippen LogP contribution in [-0.4, -0.2) is 22.8 Å². The van der Waals surface area contributed by atoms with Crippen LogP contribution in [0.5, 0.6) is 0 Å². The zero-order valence-corrected chi connectivity index (χ0v) is 16.9. The van der Waals surface area contributed by atoms with E-state index in [1.807, 2.05) is 19.9 Å². The first kappa shape index (κ1) is 23.4. The molecule has 0 rings (SSSR count). The number of hydrogen-bond acceptors (Lipinski definition) is 3. The second-order valence-corrected chi connectivity index (χ2v) is 7.34. The fourth-order valence-corrected chi connectivity index (χ4v) is 2.48. The third-order valence-corrected chi connectivity index (χ3v) is 3.97. The molecule has 2 atom stereocenters. The molecule has 0 aromatic heterocycles. The fraction of sp³-hybridized carbons (Fsp3) is 0.591. The van der Waals surface area contributed by atoms with Gasteiger partial charge >= 0.3 is 5.97 Å². The summed E-state index contributed by atoms with van der Waals surface area (Å²) < 4.78 is 5.36. The van der Waals surface area contributed by atoms with E-state index in [9.17, 15) is 9.90 Å². The minimum Gasteiger partial charge on any atom is -0.458 e. The number of aliphatic hydroxyl groups is 1. The summed E-state index contributed by atoms with van der Waals surface area (Å²) >= 11 is 0. The lowest BCUT2D eigenvalue weighted by Crippen LogP contribution is -2.19. The number of rotatable bonds is 11. The minimum atomic E-state index is -0.788. The summed E-state index contributed by atoms with van der Waals surface area (Å²) in [5, 5.41) is 9.90. The molecule has 3 nitrogen and oxygen atoms in total. The smallest absolute Gasteiger partial charge is 0.303 e. The van der Waals surface area contributed by atoms with Crippen molar-refractivity contribution in [2.45, 2.75) is 85.4 Å². The number of hydrogen-bond donors (Lipinski definition) is 1. The van der Waals surface area contributed by atoms with Gasteiger partial charge in [-0.15, -0.1) is 6.58 Å². The second-order valence-electron chi connectivity index (χ2n) is 7.34. The summed E-state index contributed by atoms with van der Waals surface area (Å²) in [6, 6.07) is 0. The number of carbonyl (C=O) groups is 1. The Morgan fingerprint density at radius 2 is 1.72 bits per heavy atom. The van der Waals surface area contributed by atoms with Gasteiger partial charge in [-0.25, -0.2) is 0 Å². The molecule has 1 N–H and O–H groups in total. The molecule has 0 aromatic carbocycles. The molecule has 0 unspecified atom stereocenters. The SMILES string of the molecule is C=C[C@@](C)(O)CC/C=C(\C)CC/C=C(\C)C[C@H](C=C(C)C)OC(C)=O. The Bertz CT molecular complexity index is 517. The third-order valence-electron chi connectivity index (χ3n) is 3.97. The largest absolute Gasteiger partial charge is 0.458 e. The Morgan fingerprint density at radius 3 is 2.24 bits per heavy atom. The van der Waals surface area contributed by atoms with Crippen molar-refractivity contribution in [3.05, 3.63) is 47.6 Å². The number of ether oxygens (including phenoxy) is 1. The van der Waals surface area contributed by atoms with Crippen molar-refractivity contribution in [1.82, 2.24) is 0 Å².